The summed E-state index contributed by atoms with van der Waals surface area (Å²) in [4.78, 5) is 6.81. The monoisotopic (exact) mass is 277 g/mol. The maximum absolute atomic E-state index is 6.02. The molecule has 4 heteroatoms. The van der Waals surface area contributed by atoms with Crippen molar-refractivity contribution in [2.45, 2.75) is 45.7 Å². The molecule has 0 saturated carbocycles. The quantitative estimate of drug-likeness (QED) is 0.830. The maximum Gasteiger partial charge on any atom is 0.127 e. The van der Waals surface area contributed by atoms with Gasteiger partial charge in [-0.3, -0.25) is 4.98 Å². The molecule has 0 amide bonds. The molecule has 1 aliphatic rings. The summed E-state index contributed by atoms with van der Waals surface area (Å²) in [6, 6.07) is 2.74. The Hall–Kier alpha value is -1.13. The first-order valence-corrected chi connectivity index (χ1v) is 7.70. The minimum absolute atomic E-state index is 0.690. The van der Waals surface area contributed by atoms with Gasteiger partial charge in [0.15, 0.2) is 0 Å². The molecule has 1 saturated heterocycles. The van der Waals surface area contributed by atoms with Gasteiger partial charge < -0.3 is 15.0 Å². The van der Waals surface area contributed by atoms with Crippen molar-refractivity contribution in [2.75, 3.05) is 26.7 Å². The topological polar surface area (TPSA) is 37.4 Å². The van der Waals surface area contributed by atoms with Gasteiger partial charge in [-0.25, -0.2) is 0 Å². The van der Waals surface area contributed by atoms with Crippen molar-refractivity contribution in [3.8, 4) is 5.75 Å². The van der Waals surface area contributed by atoms with Crippen LogP contribution in [0.15, 0.2) is 12.3 Å². The fourth-order valence-electron chi connectivity index (χ4n) is 2.74. The summed E-state index contributed by atoms with van der Waals surface area (Å²) < 4.78 is 6.02. The van der Waals surface area contributed by atoms with Crippen molar-refractivity contribution in [1.29, 1.82) is 0 Å². The molecule has 112 valence electrons. The molecule has 20 heavy (non-hydrogen) atoms. The first-order valence-electron chi connectivity index (χ1n) is 7.70. The highest BCUT2D eigenvalue weighted by molar-refractivity contribution is 5.32. The average molecular weight is 277 g/mol. The molecule has 0 spiro atoms. The lowest BCUT2D eigenvalue weighted by Crippen LogP contribution is -2.26. The predicted molar refractivity (Wildman–Crippen MR) is 82.1 cm³/mol. The van der Waals surface area contributed by atoms with Crippen LogP contribution in [-0.2, 0) is 6.54 Å². The highest BCUT2D eigenvalue weighted by atomic mass is 16.5. The van der Waals surface area contributed by atoms with E-state index in [2.05, 4.69) is 29.2 Å². The molecule has 2 rings (SSSR count). The van der Waals surface area contributed by atoms with E-state index in [-0.39, 0.29) is 0 Å². The number of likely N-dealkylation sites (tertiary alicyclic amines) is 1. The third-order valence-corrected chi connectivity index (χ3v) is 4.03. The van der Waals surface area contributed by atoms with E-state index in [9.17, 15) is 0 Å². The van der Waals surface area contributed by atoms with Gasteiger partial charge in [-0.15, -0.1) is 0 Å². The Morgan fingerprint density at radius 1 is 1.50 bits per heavy atom. The molecule has 4 nitrogen and oxygen atoms in total. The van der Waals surface area contributed by atoms with Crippen LogP contribution >= 0.6 is 0 Å². The summed E-state index contributed by atoms with van der Waals surface area (Å²) in [5.41, 5.74) is 2.16. The van der Waals surface area contributed by atoms with E-state index in [0.29, 0.717) is 6.04 Å². The number of nitrogens with zero attached hydrogens (tertiary/aromatic N) is 2. The van der Waals surface area contributed by atoms with E-state index < -0.39 is 0 Å². The van der Waals surface area contributed by atoms with E-state index in [1.807, 2.05) is 19.2 Å². The van der Waals surface area contributed by atoms with Crippen molar-refractivity contribution in [2.24, 2.45) is 0 Å². The van der Waals surface area contributed by atoms with Crippen molar-refractivity contribution in [3.05, 3.63) is 23.5 Å². The molecule has 0 aliphatic carbocycles. The zero-order chi connectivity index (χ0) is 14.4. The van der Waals surface area contributed by atoms with Gasteiger partial charge in [-0.2, -0.15) is 0 Å². The summed E-state index contributed by atoms with van der Waals surface area (Å²) in [5, 5.41) is 3.33. The zero-order valence-electron chi connectivity index (χ0n) is 13.0. The Morgan fingerprint density at radius 2 is 2.35 bits per heavy atom. The zero-order valence-corrected chi connectivity index (χ0v) is 13.0. The average Bonchev–Trinajstić information content (AvgIpc) is 2.84. The Morgan fingerprint density at radius 3 is 3.05 bits per heavy atom. The summed E-state index contributed by atoms with van der Waals surface area (Å²) in [7, 11) is 2.21. The number of hydrogen-bond acceptors (Lipinski definition) is 4. The van der Waals surface area contributed by atoms with E-state index >= 15 is 0 Å². The van der Waals surface area contributed by atoms with Crippen LogP contribution in [0, 0.1) is 6.92 Å². The molecule has 0 aromatic carbocycles. The molecular formula is C16H27N3O. The Labute approximate surface area is 122 Å². The van der Waals surface area contributed by atoms with Crippen LogP contribution in [0.2, 0.25) is 0 Å². The van der Waals surface area contributed by atoms with Gasteiger partial charge in [0.05, 0.1) is 6.61 Å². The molecular weight excluding hydrogens is 250 g/mol. The molecule has 2 heterocycles. The van der Waals surface area contributed by atoms with Crippen LogP contribution in [0.3, 0.4) is 0 Å². The maximum atomic E-state index is 6.02. The Bertz CT molecular complexity index is 422. The van der Waals surface area contributed by atoms with Crippen LogP contribution in [0.4, 0.5) is 0 Å². The van der Waals surface area contributed by atoms with E-state index in [1.165, 1.54) is 19.4 Å². The first-order chi connectivity index (χ1) is 9.70. The van der Waals surface area contributed by atoms with Gasteiger partial charge >= 0.3 is 0 Å². The van der Waals surface area contributed by atoms with Crippen LogP contribution in [0.1, 0.15) is 37.4 Å². The minimum Gasteiger partial charge on any atom is -0.493 e. The van der Waals surface area contributed by atoms with Gasteiger partial charge in [-0.05, 0) is 46.3 Å². The molecule has 1 N–H and O–H groups in total. The normalized spacial score (nSPS) is 19.4. The first kappa shape index (κ1) is 15.3. The van der Waals surface area contributed by atoms with Crippen LogP contribution in [0.25, 0.3) is 0 Å². The number of pyridine rings is 1. The molecule has 0 bridgehead atoms. The smallest absolute Gasteiger partial charge is 0.127 e. The standard InChI is InChI=1S/C16H27N3O/c1-4-17-11-14-12-18-13(2)10-16(14)20-9-7-15-6-5-8-19(15)3/h10,12,15,17H,4-9,11H2,1-3H3. The Balaban J connectivity index is 1.88. The second-order valence-corrected chi connectivity index (χ2v) is 5.63. The van der Waals surface area contributed by atoms with Crippen LogP contribution in [-0.4, -0.2) is 42.7 Å². The number of hydrogen-bond donors (Lipinski definition) is 1. The van der Waals surface area contributed by atoms with E-state index in [0.717, 1.165) is 43.1 Å². The molecule has 1 aromatic rings. The Kier molecular flexibility index (Phi) is 5.80. The van der Waals surface area contributed by atoms with Crippen molar-refractivity contribution in [3.63, 3.8) is 0 Å². The van der Waals surface area contributed by atoms with Gasteiger partial charge in [0.25, 0.3) is 0 Å². The second kappa shape index (κ2) is 7.60. The molecule has 1 atom stereocenters. The molecule has 1 aliphatic heterocycles. The summed E-state index contributed by atoms with van der Waals surface area (Å²) in [6.07, 6.45) is 5.66. The third-order valence-electron chi connectivity index (χ3n) is 4.03. The summed E-state index contributed by atoms with van der Waals surface area (Å²) in [6.45, 7) is 7.91. The fourth-order valence-corrected chi connectivity index (χ4v) is 2.74. The second-order valence-electron chi connectivity index (χ2n) is 5.63. The van der Waals surface area contributed by atoms with E-state index in [1.54, 1.807) is 0 Å². The van der Waals surface area contributed by atoms with Crippen LogP contribution < -0.4 is 10.1 Å². The largest absolute Gasteiger partial charge is 0.493 e. The lowest BCUT2D eigenvalue weighted by Gasteiger charge is -2.20. The number of nitrogens with one attached hydrogen (secondary N) is 1. The fraction of sp³-hybridized carbons (Fsp3) is 0.688. The highest BCUT2D eigenvalue weighted by Crippen LogP contribution is 2.21. The number of aromatic nitrogens is 1. The van der Waals surface area contributed by atoms with Gasteiger partial charge in [0, 0.05) is 36.1 Å². The van der Waals surface area contributed by atoms with Gasteiger partial charge in [0.1, 0.15) is 5.75 Å². The van der Waals surface area contributed by atoms with Crippen molar-refractivity contribution >= 4 is 0 Å². The lowest BCUT2D eigenvalue weighted by atomic mass is 10.1. The number of ether oxygens (including phenoxy) is 1. The minimum atomic E-state index is 0.690. The predicted octanol–water partition coefficient (Wildman–Crippen LogP) is 2.36. The summed E-state index contributed by atoms with van der Waals surface area (Å²) >= 11 is 0. The molecule has 0 radical (unpaired) electrons. The van der Waals surface area contributed by atoms with E-state index in [4.69, 9.17) is 4.74 Å². The van der Waals surface area contributed by atoms with Crippen LogP contribution in [0.5, 0.6) is 5.75 Å². The van der Waals surface area contributed by atoms with Gasteiger partial charge in [0.2, 0.25) is 0 Å². The summed E-state index contributed by atoms with van der Waals surface area (Å²) in [5.74, 6) is 0.985. The molecule has 1 fully saturated rings. The number of aryl methyl sites for hydroxylation is 1. The van der Waals surface area contributed by atoms with Crippen molar-refractivity contribution in [1.82, 2.24) is 15.2 Å². The van der Waals surface area contributed by atoms with Crippen molar-refractivity contribution < 1.29 is 4.74 Å². The number of rotatable bonds is 7. The highest BCUT2D eigenvalue weighted by Gasteiger charge is 2.20. The third kappa shape index (κ3) is 4.18. The molecule has 1 aromatic heterocycles. The lowest BCUT2D eigenvalue weighted by molar-refractivity contribution is 0.232. The van der Waals surface area contributed by atoms with Gasteiger partial charge in [-0.1, -0.05) is 6.92 Å². The molecule has 1 unspecified atom stereocenters. The SMILES string of the molecule is CCNCc1cnc(C)cc1OCCC1CCCN1C.